The van der Waals surface area contributed by atoms with E-state index in [1.807, 2.05) is 84.9 Å². The van der Waals surface area contributed by atoms with Crippen LogP contribution in [0, 0.1) is 5.92 Å². The molecule has 0 aliphatic carbocycles. The number of fused-ring (bicyclic) bond motifs is 2. The second-order valence-corrected chi connectivity index (χ2v) is 7.95. The van der Waals surface area contributed by atoms with Crippen LogP contribution in [0.3, 0.4) is 0 Å². The molecule has 3 atom stereocenters. The number of hydrogen-bond acceptors (Lipinski definition) is 5. The van der Waals surface area contributed by atoms with E-state index in [0.717, 1.165) is 22.0 Å². The highest BCUT2D eigenvalue weighted by Crippen LogP contribution is 2.48. The van der Waals surface area contributed by atoms with Gasteiger partial charge in [-0.15, -0.1) is 0 Å². The van der Waals surface area contributed by atoms with Gasteiger partial charge in [-0.2, -0.15) is 0 Å². The molecule has 2 aliphatic heterocycles. The maximum absolute atomic E-state index is 13.8. The molecule has 2 amide bonds. The number of rotatable bonds is 3. The number of benzene rings is 3. The molecule has 6 rings (SSSR count). The number of hydrogen-bond donors (Lipinski definition) is 0. The number of aromatic nitrogens is 1. The molecule has 0 spiro atoms. The Morgan fingerprint density at radius 3 is 2.38 bits per heavy atom. The normalized spacial score (nSPS) is 22.6. The lowest BCUT2D eigenvalue weighted by Crippen LogP contribution is -2.37. The van der Waals surface area contributed by atoms with Gasteiger partial charge in [0.15, 0.2) is 6.10 Å². The monoisotopic (exact) mass is 421 g/mol. The van der Waals surface area contributed by atoms with Crippen molar-refractivity contribution in [3.8, 4) is 0 Å². The minimum Gasteiger partial charge on any atom is -0.273 e. The summed E-state index contributed by atoms with van der Waals surface area (Å²) in [4.78, 5) is 39.0. The zero-order chi connectivity index (χ0) is 21.7. The topological polar surface area (TPSA) is 62.7 Å². The Bertz CT molecular complexity index is 1320. The van der Waals surface area contributed by atoms with Crippen molar-refractivity contribution in [2.45, 2.75) is 12.1 Å². The molecule has 2 aliphatic rings. The van der Waals surface area contributed by atoms with E-state index in [1.54, 1.807) is 17.5 Å². The number of nitrogens with zero attached hydrogens (tertiary/aromatic N) is 3. The Balaban J connectivity index is 1.47. The van der Waals surface area contributed by atoms with Crippen molar-refractivity contribution in [2.75, 3.05) is 9.96 Å². The summed E-state index contributed by atoms with van der Waals surface area (Å²) in [5, 5.41) is 3.51. The smallest absolute Gasteiger partial charge is 0.266 e. The predicted octanol–water partition coefficient (Wildman–Crippen LogP) is 4.29. The fourth-order valence-electron chi connectivity index (χ4n) is 4.74. The molecule has 0 N–H and O–H groups in total. The number of para-hydroxylation sites is 1. The SMILES string of the molecule is O=C1[C@@H]2[C@@H](c3cccnc3)N(c3ccccc3)O[C@H]2C(=O)N1c1cccc2ccccc12. The lowest BCUT2D eigenvalue weighted by atomic mass is 9.91. The van der Waals surface area contributed by atoms with E-state index in [-0.39, 0.29) is 11.8 Å². The summed E-state index contributed by atoms with van der Waals surface area (Å²) in [6.45, 7) is 0. The first kappa shape index (κ1) is 18.7. The molecule has 0 unspecified atom stereocenters. The molecule has 1 aromatic heterocycles. The van der Waals surface area contributed by atoms with Crippen molar-refractivity contribution >= 4 is 34.0 Å². The standard InChI is InChI=1S/C26H19N3O3/c30-25-22-23(18-10-7-15-27-16-18)29(19-11-2-1-3-12-19)32-24(22)26(31)28(25)21-14-6-9-17-8-4-5-13-20(17)21/h1-16,22-24H/t22-,23-,24-/m1/s1. The highest BCUT2D eigenvalue weighted by Gasteiger charge is 2.60. The molecule has 6 nitrogen and oxygen atoms in total. The quantitative estimate of drug-likeness (QED) is 0.462. The largest absolute Gasteiger partial charge is 0.273 e. The highest BCUT2D eigenvalue weighted by atomic mass is 16.7. The molecule has 32 heavy (non-hydrogen) atoms. The molecule has 0 bridgehead atoms. The second-order valence-electron chi connectivity index (χ2n) is 7.95. The fourth-order valence-corrected chi connectivity index (χ4v) is 4.74. The van der Waals surface area contributed by atoms with E-state index in [2.05, 4.69) is 4.98 Å². The third-order valence-electron chi connectivity index (χ3n) is 6.16. The Labute approximate surface area is 184 Å². The number of imide groups is 1. The number of pyridine rings is 1. The van der Waals surface area contributed by atoms with Crippen LogP contribution in [-0.2, 0) is 14.4 Å². The molecule has 6 heteroatoms. The van der Waals surface area contributed by atoms with Crippen LogP contribution in [0.2, 0.25) is 0 Å². The summed E-state index contributed by atoms with van der Waals surface area (Å²) in [6, 6.07) is 26.2. The molecule has 2 saturated heterocycles. The van der Waals surface area contributed by atoms with Gasteiger partial charge in [0.1, 0.15) is 5.92 Å². The van der Waals surface area contributed by atoms with Gasteiger partial charge in [-0.05, 0) is 35.2 Å². The van der Waals surface area contributed by atoms with E-state index < -0.39 is 18.1 Å². The predicted molar refractivity (Wildman–Crippen MR) is 121 cm³/mol. The average Bonchev–Trinajstić information content (AvgIpc) is 3.36. The van der Waals surface area contributed by atoms with Gasteiger partial charge in [0.05, 0.1) is 17.4 Å². The van der Waals surface area contributed by atoms with Crippen LogP contribution in [0.25, 0.3) is 10.8 Å². The van der Waals surface area contributed by atoms with Gasteiger partial charge in [-0.25, -0.2) is 9.96 Å². The molecule has 2 fully saturated rings. The van der Waals surface area contributed by atoms with E-state index in [9.17, 15) is 9.59 Å². The van der Waals surface area contributed by atoms with Crippen LogP contribution in [0.1, 0.15) is 11.6 Å². The lowest BCUT2D eigenvalue weighted by Gasteiger charge is -2.28. The first-order valence-corrected chi connectivity index (χ1v) is 10.5. The molecule has 0 saturated carbocycles. The van der Waals surface area contributed by atoms with Crippen LogP contribution >= 0.6 is 0 Å². The zero-order valence-corrected chi connectivity index (χ0v) is 17.0. The summed E-state index contributed by atoms with van der Waals surface area (Å²) in [5.74, 6) is -1.28. The van der Waals surface area contributed by atoms with Gasteiger partial charge in [-0.1, -0.05) is 60.7 Å². The maximum Gasteiger partial charge on any atom is 0.266 e. The summed E-state index contributed by atoms with van der Waals surface area (Å²) in [5.41, 5.74) is 2.20. The minimum atomic E-state index is -0.896. The Kier molecular flexibility index (Phi) is 4.26. The molecule has 0 radical (unpaired) electrons. The van der Waals surface area contributed by atoms with Crippen molar-refractivity contribution in [1.29, 1.82) is 0 Å². The van der Waals surface area contributed by atoms with E-state index >= 15 is 0 Å². The Morgan fingerprint density at radius 1 is 0.781 bits per heavy atom. The van der Waals surface area contributed by atoms with Crippen LogP contribution < -0.4 is 9.96 Å². The molecule has 3 heterocycles. The zero-order valence-electron chi connectivity index (χ0n) is 17.0. The van der Waals surface area contributed by atoms with Gasteiger partial charge in [-0.3, -0.25) is 19.4 Å². The highest BCUT2D eigenvalue weighted by molar-refractivity contribution is 6.26. The third kappa shape index (κ3) is 2.73. The summed E-state index contributed by atoms with van der Waals surface area (Å²) < 4.78 is 0. The van der Waals surface area contributed by atoms with Crippen molar-refractivity contribution < 1.29 is 14.4 Å². The first-order valence-electron chi connectivity index (χ1n) is 10.5. The molecule has 156 valence electrons. The van der Waals surface area contributed by atoms with Crippen LogP contribution in [0.5, 0.6) is 0 Å². The van der Waals surface area contributed by atoms with Crippen LogP contribution in [0.4, 0.5) is 11.4 Å². The summed E-state index contributed by atoms with van der Waals surface area (Å²) in [6.07, 6.45) is 2.52. The van der Waals surface area contributed by atoms with Crippen molar-refractivity contribution in [1.82, 2.24) is 4.98 Å². The van der Waals surface area contributed by atoms with E-state index in [1.165, 1.54) is 4.90 Å². The van der Waals surface area contributed by atoms with E-state index in [4.69, 9.17) is 4.84 Å². The van der Waals surface area contributed by atoms with Crippen molar-refractivity contribution in [2.24, 2.45) is 5.92 Å². The average molecular weight is 421 g/mol. The first-order chi connectivity index (χ1) is 15.7. The number of carbonyl (C=O) groups excluding carboxylic acids is 2. The molecule has 4 aromatic rings. The Hall–Kier alpha value is -4.03. The van der Waals surface area contributed by atoms with Gasteiger partial charge < -0.3 is 0 Å². The maximum atomic E-state index is 13.8. The van der Waals surface area contributed by atoms with Crippen LogP contribution in [0.15, 0.2) is 97.3 Å². The second kappa shape index (κ2) is 7.28. The summed E-state index contributed by atoms with van der Waals surface area (Å²) in [7, 11) is 0. The summed E-state index contributed by atoms with van der Waals surface area (Å²) >= 11 is 0. The van der Waals surface area contributed by atoms with Gasteiger partial charge in [0.25, 0.3) is 5.91 Å². The van der Waals surface area contributed by atoms with Crippen LogP contribution in [-0.4, -0.2) is 22.9 Å². The molecular formula is C26H19N3O3. The fraction of sp³-hybridized carbons (Fsp3) is 0.115. The van der Waals surface area contributed by atoms with E-state index in [0.29, 0.717) is 5.69 Å². The third-order valence-corrected chi connectivity index (χ3v) is 6.16. The van der Waals surface area contributed by atoms with Crippen molar-refractivity contribution in [3.05, 3.63) is 103 Å². The van der Waals surface area contributed by atoms with Gasteiger partial charge in [0.2, 0.25) is 5.91 Å². The number of anilines is 2. The Morgan fingerprint density at radius 2 is 1.56 bits per heavy atom. The number of carbonyl (C=O) groups is 2. The lowest BCUT2D eigenvalue weighted by molar-refractivity contribution is -0.126. The molecular weight excluding hydrogens is 402 g/mol. The minimum absolute atomic E-state index is 0.261. The molecule has 3 aromatic carbocycles. The number of hydroxylamine groups is 1. The van der Waals surface area contributed by atoms with Gasteiger partial charge in [0, 0.05) is 17.8 Å². The van der Waals surface area contributed by atoms with Crippen molar-refractivity contribution in [3.63, 3.8) is 0 Å². The number of amides is 2. The van der Waals surface area contributed by atoms with Gasteiger partial charge >= 0.3 is 0 Å².